The van der Waals surface area contributed by atoms with Crippen molar-refractivity contribution in [3.8, 4) is 11.3 Å². The standard InChI is InChI=1S/C23H26N6O/c1-4-17-9-18(13-28-12-16(3)25-23(17)28)20-10-22(30)29-14-19(5-6-21(29)26-20)27-8-7-24-15(2)11-27/h5-6,9-10,12-15,24H,4,7-8,11H2,1-3H3. The van der Waals surface area contributed by atoms with Gasteiger partial charge in [0.15, 0.2) is 0 Å². The smallest absolute Gasteiger partial charge is 0.258 e. The first-order chi connectivity index (χ1) is 14.5. The van der Waals surface area contributed by atoms with Crippen LogP contribution >= 0.6 is 0 Å². The molecule has 5 heterocycles. The predicted octanol–water partition coefficient (Wildman–Crippen LogP) is 2.68. The summed E-state index contributed by atoms with van der Waals surface area (Å²) in [6, 6.07) is 8.15. The topological polar surface area (TPSA) is 66.9 Å². The Hall–Kier alpha value is -3.19. The lowest BCUT2D eigenvalue weighted by Gasteiger charge is -2.33. The van der Waals surface area contributed by atoms with Gasteiger partial charge in [-0.15, -0.1) is 0 Å². The zero-order valence-electron chi connectivity index (χ0n) is 17.6. The Balaban J connectivity index is 1.59. The van der Waals surface area contributed by atoms with Crippen LogP contribution in [0.25, 0.3) is 22.6 Å². The van der Waals surface area contributed by atoms with Gasteiger partial charge in [-0.05, 0) is 44.0 Å². The minimum Gasteiger partial charge on any atom is -0.368 e. The number of hydrogen-bond donors (Lipinski definition) is 1. The second-order valence-corrected chi connectivity index (χ2v) is 8.12. The average Bonchev–Trinajstić information content (AvgIpc) is 3.13. The van der Waals surface area contributed by atoms with Gasteiger partial charge >= 0.3 is 0 Å². The zero-order valence-corrected chi connectivity index (χ0v) is 17.6. The van der Waals surface area contributed by atoms with Gasteiger partial charge in [0.25, 0.3) is 5.56 Å². The third-order valence-corrected chi connectivity index (χ3v) is 5.80. The number of imidazole rings is 1. The van der Waals surface area contributed by atoms with Crippen LogP contribution in [0.3, 0.4) is 0 Å². The van der Waals surface area contributed by atoms with E-state index >= 15 is 0 Å². The van der Waals surface area contributed by atoms with Crippen molar-refractivity contribution in [2.75, 3.05) is 24.5 Å². The molecule has 1 aliphatic heterocycles. The van der Waals surface area contributed by atoms with E-state index in [-0.39, 0.29) is 5.56 Å². The minimum atomic E-state index is -0.0695. The minimum absolute atomic E-state index is 0.0695. The highest BCUT2D eigenvalue weighted by molar-refractivity contribution is 5.66. The lowest BCUT2D eigenvalue weighted by Crippen LogP contribution is -2.49. The Morgan fingerprint density at radius 1 is 1.17 bits per heavy atom. The molecule has 1 N–H and O–H groups in total. The van der Waals surface area contributed by atoms with Crippen LogP contribution in [-0.2, 0) is 6.42 Å². The summed E-state index contributed by atoms with van der Waals surface area (Å²) in [4.78, 5) is 24.7. The van der Waals surface area contributed by atoms with Gasteiger partial charge in [-0.3, -0.25) is 9.20 Å². The molecule has 0 aliphatic carbocycles. The summed E-state index contributed by atoms with van der Waals surface area (Å²) < 4.78 is 3.67. The van der Waals surface area contributed by atoms with E-state index in [0.29, 0.717) is 17.4 Å². The van der Waals surface area contributed by atoms with Crippen molar-refractivity contribution in [3.63, 3.8) is 0 Å². The van der Waals surface area contributed by atoms with E-state index in [2.05, 4.69) is 41.2 Å². The summed E-state index contributed by atoms with van der Waals surface area (Å²) in [6.45, 7) is 9.08. The van der Waals surface area contributed by atoms with Gasteiger partial charge in [-0.25, -0.2) is 9.97 Å². The normalized spacial score (nSPS) is 17.2. The Morgan fingerprint density at radius 2 is 2.03 bits per heavy atom. The number of nitrogens with one attached hydrogen (secondary N) is 1. The van der Waals surface area contributed by atoms with Crippen LogP contribution in [-0.4, -0.2) is 44.4 Å². The molecule has 1 unspecified atom stereocenters. The third-order valence-electron chi connectivity index (χ3n) is 5.80. The Morgan fingerprint density at radius 3 is 2.83 bits per heavy atom. The Bertz CT molecular complexity index is 1300. The summed E-state index contributed by atoms with van der Waals surface area (Å²) in [6.07, 6.45) is 6.79. The Kier molecular flexibility index (Phi) is 4.55. The molecule has 0 saturated carbocycles. The average molecular weight is 403 g/mol. The van der Waals surface area contributed by atoms with Gasteiger partial charge in [-0.2, -0.15) is 0 Å². The predicted molar refractivity (Wildman–Crippen MR) is 119 cm³/mol. The second-order valence-electron chi connectivity index (χ2n) is 8.12. The van der Waals surface area contributed by atoms with Crippen molar-refractivity contribution in [3.05, 3.63) is 64.5 Å². The van der Waals surface area contributed by atoms with Crippen LogP contribution in [0.1, 0.15) is 25.1 Å². The molecule has 4 aromatic heterocycles. The molecular weight excluding hydrogens is 376 g/mol. The fourth-order valence-electron chi connectivity index (χ4n) is 4.29. The highest BCUT2D eigenvalue weighted by Crippen LogP contribution is 2.23. The van der Waals surface area contributed by atoms with Crippen molar-refractivity contribution < 1.29 is 0 Å². The van der Waals surface area contributed by atoms with E-state index in [1.165, 1.54) is 0 Å². The molecule has 7 nitrogen and oxygen atoms in total. The van der Waals surface area contributed by atoms with Crippen LogP contribution in [0.4, 0.5) is 5.69 Å². The van der Waals surface area contributed by atoms with Crippen LogP contribution in [0.2, 0.25) is 0 Å². The monoisotopic (exact) mass is 402 g/mol. The molecule has 1 fully saturated rings. The zero-order chi connectivity index (χ0) is 20.8. The van der Waals surface area contributed by atoms with Crippen LogP contribution in [0.5, 0.6) is 0 Å². The van der Waals surface area contributed by atoms with Crippen molar-refractivity contribution >= 4 is 17.0 Å². The van der Waals surface area contributed by atoms with Crippen molar-refractivity contribution in [1.82, 2.24) is 24.1 Å². The summed E-state index contributed by atoms with van der Waals surface area (Å²) in [5.41, 5.74) is 6.34. The number of piperazine rings is 1. The van der Waals surface area contributed by atoms with Gasteiger partial charge in [0.05, 0.1) is 17.1 Å². The van der Waals surface area contributed by atoms with Gasteiger partial charge in [-0.1, -0.05) is 6.92 Å². The number of fused-ring (bicyclic) bond motifs is 2. The molecule has 0 spiro atoms. The molecule has 7 heteroatoms. The maximum absolute atomic E-state index is 13.0. The first kappa shape index (κ1) is 18.8. The number of aryl methyl sites for hydroxylation is 2. The number of aromatic nitrogens is 4. The van der Waals surface area contributed by atoms with E-state index < -0.39 is 0 Å². The molecule has 5 rings (SSSR count). The van der Waals surface area contributed by atoms with Gasteiger partial charge in [0, 0.05) is 55.9 Å². The second kappa shape index (κ2) is 7.25. The summed E-state index contributed by atoms with van der Waals surface area (Å²) in [7, 11) is 0. The number of nitrogens with zero attached hydrogens (tertiary/aromatic N) is 5. The summed E-state index contributed by atoms with van der Waals surface area (Å²) >= 11 is 0. The number of hydrogen-bond acceptors (Lipinski definition) is 5. The maximum Gasteiger partial charge on any atom is 0.258 e. The number of pyridine rings is 2. The van der Waals surface area contributed by atoms with E-state index in [1.54, 1.807) is 10.5 Å². The molecule has 1 aliphatic rings. The van der Waals surface area contributed by atoms with E-state index in [0.717, 1.165) is 54.2 Å². The van der Waals surface area contributed by atoms with Crippen LogP contribution < -0.4 is 15.8 Å². The third kappa shape index (κ3) is 3.25. The van der Waals surface area contributed by atoms with Crippen LogP contribution in [0.15, 0.2) is 47.7 Å². The quantitative estimate of drug-likeness (QED) is 0.571. The molecule has 30 heavy (non-hydrogen) atoms. The summed E-state index contributed by atoms with van der Waals surface area (Å²) in [5, 5.41) is 3.45. The Labute approximate surface area is 175 Å². The molecule has 0 radical (unpaired) electrons. The van der Waals surface area contributed by atoms with Crippen molar-refractivity contribution in [2.45, 2.75) is 33.2 Å². The number of rotatable bonds is 3. The SMILES string of the molecule is CCc1cc(-c2cc(=O)n3cc(N4CCNC(C)C4)ccc3n2)cn2cc(C)nc12. The first-order valence-corrected chi connectivity index (χ1v) is 10.5. The molecule has 154 valence electrons. The molecule has 4 aromatic rings. The molecular formula is C23H26N6O. The first-order valence-electron chi connectivity index (χ1n) is 10.5. The fourth-order valence-corrected chi connectivity index (χ4v) is 4.29. The van der Waals surface area contributed by atoms with E-state index in [4.69, 9.17) is 4.98 Å². The van der Waals surface area contributed by atoms with Crippen molar-refractivity contribution in [1.29, 1.82) is 0 Å². The molecule has 1 saturated heterocycles. The molecule has 0 amide bonds. The summed E-state index contributed by atoms with van der Waals surface area (Å²) in [5.74, 6) is 0. The van der Waals surface area contributed by atoms with E-state index in [9.17, 15) is 4.79 Å². The lowest BCUT2D eigenvalue weighted by molar-refractivity contribution is 0.484. The number of anilines is 1. The highest BCUT2D eigenvalue weighted by Gasteiger charge is 2.17. The van der Waals surface area contributed by atoms with Gasteiger partial charge in [0.1, 0.15) is 11.3 Å². The van der Waals surface area contributed by atoms with Gasteiger partial charge < -0.3 is 14.6 Å². The lowest BCUT2D eigenvalue weighted by atomic mass is 10.1. The molecule has 1 atom stereocenters. The molecule has 0 aromatic carbocycles. The van der Waals surface area contributed by atoms with Crippen molar-refractivity contribution in [2.24, 2.45) is 0 Å². The van der Waals surface area contributed by atoms with Gasteiger partial charge in [0.2, 0.25) is 0 Å². The fraction of sp³-hybridized carbons (Fsp3) is 0.348. The highest BCUT2D eigenvalue weighted by atomic mass is 16.1. The van der Waals surface area contributed by atoms with Crippen LogP contribution in [0, 0.1) is 6.92 Å². The largest absolute Gasteiger partial charge is 0.368 e. The van der Waals surface area contributed by atoms with E-state index in [1.807, 2.05) is 36.0 Å². The maximum atomic E-state index is 13.0. The molecule has 0 bridgehead atoms.